The second kappa shape index (κ2) is 11.3. The number of rotatable bonds is 7. The number of allylic oxidation sites excluding steroid dienone is 2. The van der Waals surface area contributed by atoms with Crippen LogP contribution in [-0.2, 0) is 17.9 Å². The summed E-state index contributed by atoms with van der Waals surface area (Å²) in [5.74, 6) is -1.80. The van der Waals surface area contributed by atoms with Crippen molar-refractivity contribution in [3.8, 4) is 0 Å². The first kappa shape index (κ1) is 27.3. The number of hydrogen-bond donors (Lipinski definition) is 2. The Morgan fingerprint density at radius 3 is 2.74 bits per heavy atom. The number of likely N-dealkylation sites (tertiary alicyclic amines) is 1. The molecule has 0 radical (unpaired) electrons. The number of nitrogen functional groups attached to an aromatic ring is 1. The van der Waals surface area contributed by atoms with Crippen LogP contribution in [0.2, 0.25) is 0 Å². The van der Waals surface area contributed by atoms with Gasteiger partial charge in [0.2, 0.25) is 5.91 Å². The van der Waals surface area contributed by atoms with E-state index in [1.54, 1.807) is 11.0 Å². The van der Waals surface area contributed by atoms with Crippen LogP contribution in [0.4, 0.5) is 14.5 Å². The molecule has 1 aliphatic heterocycles. The number of nitrogens with two attached hydrogens (primary N) is 1. The van der Waals surface area contributed by atoms with Crippen LogP contribution >= 0.6 is 11.6 Å². The third-order valence-corrected chi connectivity index (χ3v) is 7.15. The molecule has 2 amide bonds. The summed E-state index contributed by atoms with van der Waals surface area (Å²) < 4.78 is 30.8. The Morgan fingerprint density at radius 1 is 1.29 bits per heavy atom. The molecule has 0 spiro atoms. The molecule has 2 aromatic rings. The largest absolute Gasteiger partial charge is 0.398 e. The summed E-state index contributed by atoms with van der Waals surface area (Å²) in [6.45, 7) is 5.64. The van der Waals surface area contributed by atoms with Gasteiger partial charge < -0.3 is 20.5 Å². The van der Waals surface area contributed by atoms with E-state index in [1.165, 1.54) is 42.0 Å². The van der Waals surface area contributed by atoms with Crippen LogP contribution in [0, 0.1) is 11.7 Å². The summed E-state index contributed by atoms with van der Waals surface area (Å²) in [7, 11) is 0. The average Bonchev–Trinajstić information content (AvgIpc) is 3.36. The topological polar surface area (TPSA) is 97.4 Å². The number of amides is 2. The Hall–Kier alpha value is -3.72. The molecule has 0 bridgehead atoms. The van der Waals surface area contributed by atoms with E-state index in [0.717, 1.165) is 24.5 Å². The number of carbonyl (C=O) groups excluding carboxylic acids is 2. The molecule has 4 rings (SSSR count). The fraction of sp³-hybridized carbons (Fsp3) is 0.321. The van der Waals surface area contributed by atoms with Gasteiger partial charge in [-0.15, -0.1) is 0 Å². The molecule has 7 nitrogen and oxygen atoms in total. The fourth-order valence-electron chi connectivity index (χ4n) is 4.89. The lowest BCUT2D eigenvalue weighted by Crippen LogP contribution is -2.36. The van der Waals surface area contributed by atoms with Gasteiger partial charge in [0, 0.05) is 66.6 Å². The zero-order chi connectivity index (χ0) is 27.6. The minimum absolute atomic E-state index is 0.0241. The first-order valence-corrected chi connectivity index (χ1v) is 12.7. The summed E-state index contributed by atoms with van der Waals surface area (Å²) >= 11 is 5.91. The smallest absolute Gasteiger partial charge is 0.253 e. The zero-order valence-corrected chi connectivity index (χ0v) is 21.7. The van der Waals surface area contributed by atoms with E-state index >= 15 is 4.39 Å². The van der Waals surface area contributed by atoms with Crippen LogP contribution in [0.25, 0.3) is 5.03 Å². The number of benzene rings is 1. The summed E-state index contributed by atoms with van der Waals surface area (Å²) in [5, 5.41) is 2.76. The van der Waals surface area contributed by atoms with Gasteiger partial charge in [-0.2, -0.15) is 0 Å². The number of carbonyl (C=O) groups is 2. The fourth-order valence-corrected chi connectivity index (χ4v) is 5.06. The highest BCUT2D eigenvalue weighted by molar-refractivity contribution is 6.48. The van der Waals surface area contributed by atoms with E-state index in [0.29, 0.717) is 12.1 Å². The molecule has 2 heterocycles. The summed E-state index contributed by atoms with van der Waals surface area (Å²) in [6, 6.07) is 4.99. The second-order valence-corrected chi connectivity index (χ2v) is 9.99. The van der Waals surface area contributed by atoms with E-state index in [1.807, 2.05) is 6.08 Å². The lowest BCUT2D eigenvalue weighted by atomic mass is 9.90. The third-order valence-electron chi connectivity index (χ3n) is 6.94. The first-order chi connectivity index (χ1) is 18.0. The number of anilines is 1. The number of hydrogen-bond acceptors (Lipinski definition) is 4. The zero-order valence-electron chi connectivity index (χ0n) is 20.9. The predicted molar refractivity (Wildman–Crippen MR) is 144 cm³/mol. The standard InChI is InChI=1S/C28H29ClF2N4O3/c1-16(29)22-10-21(24(31)12-25(22)32)13-33-28(38)20-7-8-27(37)34(15-20)14-19-6-5-18(11-23(19)30)26-4-3-9-35(26)17(2)36/h5-8,10-12,15,19,23,26H,1,3-4,9,13-14,32H2,2H3,(H,33,38). The van der Waals surface area contributed by atoms with Crippen molar-refractivity contribution < 1.29 is 18.4 Å². The van der Waals surface area contributed by atoms with Crippen LogP contribution in [0.5, 0.6) is 0 Å². The molecule has 3 N–H and O–H groups in total. The molecule has 3 atom stereocenters. The molecule has 2 aliphatic rings. The van der Waals surface area contributed by atoms with Crippen LogP contribution in [-0.4, -0.2) is 40.0 Å². The molecular weight excluding hydrogens is 514 g/mol. The lowest BCUT2D eigenvalue weighted by Gasteiger charge is -2.28. The molecule has 10 heteroatoms. The molecule has 1 saturated heterocycles. The Morgan fingerprint density at radius 2 is 2.05 bits per heavy atom. The van der Waals surface area contributed by atoms with Crippen molar-refractivity contribution in [3.63, 3.8) is 0 Å². The van der Waals surface area contributed by atoms with Crippen molar-refractivity contribution in [2.45, 2.75) is 45.1 Å². The molecule has 3 unspecified atom stereocenters. The molecule has 1 fully saturated rings. The van der Waals surface area contributed by atoms with Gasteiger partial charge in [0.05, 0.1) is 11.6 Å². The van der Waals surface area contributed by atoms with Gasteiger partial charge in [-0.3, -0.25) is 14.4 Å². The van der Waals surface area contributed by atoms with Crippen LogP contribution < -0.4 is 16.6 Å². The van der Waals surface area contributed by atoms with E-state index in [9.17, 15) is 18.8 Å². The summed E-state index contributed by atoms with van der Waals surface area (Å²) in [6.07, 6.45) is 6.70. The van der Waals surface area contributed by atoms with Gasteiger partial charge in [-0.1, -0.05) is 30.3 Å². The van der Waals surface area contributed by atoms with E-state index in [2.05, 4.69) is 11.9 Å². The van der Waals surface area contributed by atoms with Crippen molar-refractivity contribution in [2.24, 2.45) is 5.92 Å². The van der Waals surface area contributed by atoms with Crippen molar-refractivity contribution in [2.75, 3.05) is 12.3 Å². The highest BCUT2D eigenvalue weighted by Crippen LogP contribution is 2.30. The first-order valence-electron chi connectivity index (χ1n) is 12.3. The maximum Gasteiger partial charge on any atom is 0.253 e. The van der Waals surface area contributed by atoms with Gasteiger partial charge in [-0.05, 0) is 42.7 Å². The Kier molecular flexibility index (Phi) is 8.16. The van der Waals surface area contributed by atoms with Crippen molar-refractivity contribution in [1.29, 1.82) is 0 Å². The number of pyridine rings is 1. The molecule has 1 aromatic heterocycles. The van der Waals surface area contributed by atoms with Gasteiger partial charge in [-0.25, -0.2) is 8.78 Å². The number of nitrogens with zero attached hydrogens (tertiary/aromatic N) is 2. The van der Waals surface area contributed by atoms with E-state index < -0.39 is 23.8 Å². The van der Waals surface area contributed by atoms with E-state index in [-0.39, 0.29) is 52.4 Å². The minimum atomic E-state index is -1.35. The van der Waals surface area contributed by atoms with Gasteiger partial charge in [0.1, 0.15) is 12.0 Å². The quantitative estimate of drug-likeness (QED) is 0.513. The number of halogens is 3. The number of aromatic nitrogens is 1. The van der Waals surface area contributed by atoms with Crippen LogP contribution in [0.1, 0.15) is 41.3 Å². The Balaban J connectivity index is 1.44. The third kappa shape index (κ3) is 5.88. The minimum Gasteiger partial charge on any atom is -0.398 e. The lowest BCUT2D eigenvalue weighted by molar-refractivity contribution is -0.129. The summed E-state index contributed by atoms with van der Waals surface area (Å²) in [5.41, 5.74) is 6.96. The maximum atomic E-state index is 15.1. The highest BCUT2D eigenvalue weighted by Gasteiger charge is 2.31. The van der Waals surface area contributed by atoms with Crippen LogP contribution in [0.3, 0.4) is 0 Å². The van der Waals surface area contributed by atoms with Gasteiger partial charge in [0.15, 0.2) is 0 Å². The van der Waals surface area contributed by atoms with Crippen molar-refractivity contribution in [1.82, 2.24) is 14.8 Å². The second-order valence-electron chi connectivity index (χ2n) is 9.53. The van der Waals surface area contributed by atoms with Gasteiger partial charge >= 0.3 is 0 Å². The van der Waals surface area contributed by atoms with Crippen LogP contribution in [0.15, 0.2) is 65.6 Å². The predicted octanol–water partition coefficient (Wildman–Crippen LogP) is 4.17. The molecule has 1 aromatic carbocycles. The monoisotopic (exact) mass is 542 g/mol. The molecule has 1 aliphatic carbocycles. The molecular formula is C28H29ClF2N4O3. The maximum absolute atomic E-state index is 15.1. The van der Waals surface area contributed by atoms with E-state index in [4.69, 9.17) is 17.3 Å². The molecule has 200 valence electrons. The number of nitrogens with one attached hydrogen (secondary N) is 1. The Bertz CT molecular complexity index is 1400. The Labute approximate surface area is 224 Å². The normalized spacial score (nSPS) is 20.8. The highest BCUT2D eigenvalue weighted by atomic mass is 35.5. The van der Waals surface area contributed by atoms with Gasteiger partial charge in [0.25, 0.3) is 11.5 Å². The van der Waals surface area contributed by atoms with Crippen molar-refractivity contribution in [3.05, 3.63) is 93.7 Å². The number of alkyl halides is 1. The molecule has 0 saturated carbocycles. The molecule has 38 heavy (non-hydrogen) atoms. The summed E-state index contributed by atoms with van der Waals surface area (Å²) in [4.78, 5) is 38.9. The SMILES string of the molecule is C=C(Cl)c1cc(CNC(=O)c2ccc(=O)n(CC3C=CC(C4CCCN4C(C)=O)=CC3F)c2)c(F)cc1N. The average molecular weight is 543 g/mol. The van der Waals surface area contributed by atoms with Crippen molar-refractivity contribution >= 4 is 34.1 Å².